The van der Waals surface area contributed by atoms with Gasteiger partial charge >= 0.3 is 0 Å². The number of hydrogen-bond donors (Lipinski definition) is 1. The first-order chi connectivity index (χ1) is 6.67. The maximum Gasteiger partial charge on any atom is 0.231 e. The van der Waals surface area contributed by atoms with Crippen LogP contribution in [0.1, 0.15) is 29.8 Å². The molecule has 0 saturated heterocycles. The highest BCUT2D eigenvalue weighted by Crippen LogP contribution is 2.19. The summed E-state index contributed by atoms with van der Waals surface area (Å²) < 4.78 is 0. The van der Waals surface area contributed by atoms with Gasteiger partial charge in [0.15, 0.2) is 0 Å². The van der Waals surface area contributed by atoms with E-state index in [0.29, 0.717) is 5.33 Å². The van der Waals surface area contributed by atoms with Crippen LogP contribution in [0.5, 0.6) is 0 Å². The first kappa shape index (κ1) is 11.7. The molecule has 78 valence electrons. The summed E-state index contributed by atoms with van der Waals surface area (Å²) in [6.07, 6.45) is 2.87. The zero-order chi connectivity index (χ0) is 10.6. The molecule has 1 rings (SSSR count). The molecular weight excluding hydrogens is 264 g/mol. The van der Waals surface area contributed by atoms with Crippen molar-refractivity contribution in [1.29, 1.82) is 0 Å². The van der Waals surface area contributed by atoms with Crippen LogP contribution in [-0.2, 0) is 11.2 Å². The molecule has 1 aromatic rings. The van der Waals surface area contributed by atoms with Crippen molar-refractivity contribution < 1.29 is 4.79 Å². The molecule has 1 aromatic heterocycles. The van der Waals surface area contributed by atoms with E-state index in [1.807, 2.05) is 13.1 Å². The topological polar surface area (TPSA) is 42.0 Å². The van der Waals surface area contributed by atoms with Crippen molar-refractivity contribution in [2.24, 2.45) is 0 Å². The summed E-state index contributed by atoms with van der Waals surface area (Å²) in [5.41, 5.74) is 0. The monoisotopic (exact) mass is 276 g/mol. The molecule has 3 nitrogen and oxygen atoms in total. The van der Waals surface area contributed by atoms with E-state index in [4.69, 9.17) is 0 Å². The molecule has 14 heavy (non-hydrogen) atoms. The predicted octanol–water partition coefficient (Wildman–Crippen LogP) is 2.28. The molecule has 0 aliphatic rings. The van der Waals surface area contributed by atoms with Gasteiger partial charge in [-0.2, -0.15) is 0 Å². The van der Waals surface area contributed by atoms with E-state index in [9.17, 15) is 4.79 Å². The molecule has 0 saturated carbocycles. The van der Waals surface area contributed by atoms with Crippen LogP contribution in [0.2, 0.25) is 0 Å². The highest BCUT2D eigenvalue weighted by atomic mass is 79.9. The molecule has 0 aromatic carbocycles. The van der Waals surface area contributed by atoms with Crippen molar-refractivity contribution in [3.63, 3.8) is 0 Å². The fourth-order valence-electron chi connectivity index (χ4n) is 1.03. The molecule has 1 atom stereocenters. The summed E-state index contributed by atoms with van der Waals surface area (Å²) >= 11 is 4.76. The van der Waals surface area contributed by atoms with Crippen LogP contribution in [-0.4, -0.2) is 16.2 Å². The van der Waals surface area contributed by atoms with Crippen molar-refractivity contribution in [2.75, 3.05) is 5.33 Å². The Balaban J connectivity index is 2.60. The molecule has 0 fully saturated rings. The fourth-order valence-corrected chi connectivity index (χ4v) is 2.05. The summed E-state index contributed by atoms with van der Waals surface area (Å²) in [4.78, 5) is 16.6. The molecule has 0 spiro atoms. The Bertz CT molecular complexity index is 314. The Morgan fingerprint density at radius 3 is 3.00 bits per heavy atom. The first-order valence-electron chi connectivity index (χ1n) is 4.47. The van der Waals surface area contributed by atoms with Gasteiger partial charge in [0.25, 0.3) is 0 Å². The van der Waals surface area contributed by atoms with E-state index < -0.39 is 0 Å². The number of aryl methyl sites for hydroxylation is 1. The number of carbonyl (C=O) groups excluding carboxylic acids is 1. The van der Waals surface area contributed by atoms with Gasteiger partial charge < -0.3 is 5.32 Å². The van der Waals surface area contributed by atoms with Crippen LogP contribution in [0.4, 0.5) is 0 Å². The van der Waals surface area contributed by atoms with Gasteiger partial charge in [-0.25, -0.2) is 4.98 Å². The Morgan fingerprint density at radius 1 is 1.79 bits per heavy atom. The van der Waals surface area contributed by atoms with Gasteiger partial charge in [0.2, 0.25) is 5.91 Å². The van der Waals surface area contributed by atoms with Crippen LogP contribution >= 0.6 is 27.3 Å². The average molecular weight is 277 g/mol. The molecule has 1 unspecified atom stereocenters. The number of alkyl halides is 1. The van der Waals surface area contributed by atoms with E-state index >= 15 is 0 Å². The van der Waals surface area contributed by atoms with Crippen molar-refractivity contribution >= 4 is 33.2 Å². The molecule has 1 amide bonds. The van der Waals surface area contributed by atoms with Crippen LogP contribution in [0.3, 0.4) is 0 Å². The Hall–Kier alpha value is -0.420. The lowest BCUT2D eigenvalue weighted by molar-refractivity contribution is -0.119. The first-order valence-corrected chi connectivity index (χ1v) is 6.41. The van der Waals surface area contributed by atoms with Gasteiger partial charge in [-0.05, 0) is 13.3 Å². The number of hydrogen-bond acceptors (Lipinski definition) is 3. The number of thiazole rings is 1. The number of carbonyl (C=O) groups is 1. The Morgan fingerprint density at radius 2 is 2.50 bits per heavy atom. The Kier molecular flexibility index (Phi) is 4.54. The quantitative estimate of drug-likeness (QED) is 0.858. The van der Waals surface area contributed by atoms with E-state index in [2.05, 4.69) is 33.2 Å². The number of rotatable bonds is 4. The number of halogens is 1. The lowest BCUT2D eigenvalue weighted by Gasteiger charge is -2.09. The molecule has 1 N–H and O–H groups in total. The summed E-state index contributed by atoms with van der Waals surface area (Å²) in [6.45, 7) is 4.04. The minimum absolute atomic E-state index is 0.00495. The molecule has 0 aliphatic carbocycles. The standard InChI is InChI=1S/C9H13BrN2OS/c1-3-7-5-11-9(14-7)6(2)12-8(13)4-10/h5-6H,3-4H2,1-2H3,(H,12,13). The maximum absolute atomic E-state index is 11.1. The van der Waals surface area contributed by atoms with Crippen LogP contribution < -0.4 is 5.32 Å². The van der Waals surface area contributed by atoms with Crippen molar-refractivity contribution in [1.82, 2.24) is 10.3 Å². The van der Waals surface area contributed by atoms with Gasteiger partial charge in [0.05, 0.1) is 11.4 Å². The van der Waals surface area contributed by atoms with E-state index in [-0.39, 0.29) is 11.9 Å². The second-order valence-corrected chi connectivity index (χ2v) is 4.65. The minimum Gasteiger partial charge on any atom is -0.346 e. The molecule has 1 heterocycles. The third-order valence-electron chi connectivity index (χ3n) is 1.79. The molecular formula is C9H13BrN2OS. The van der Waals surface area contributed by atoms with Gasteiger partial charge in [-0.1, -0.05) is 22.9 Å². The minimum atomic E-state index is -0.00857. The van der Waals surface area contributed by atoms with Gasteiger partial charge in [0.1, 0.15) is 5.01 Å². The normalized spacial score (nSPS) is 12.5. The third-order valence-corrected chi connectivity index (χ3v) is 3.62. The second-order valence-electron chi connectivity index (χ2n) is 2.94. The van der Waals surface area contributed by atoms with Crippen LogP contribution in [0, 0.1) is 0 Å². The van der Waals surface area contributed by atoms with E-state index in [1.165, 1.54) is 4.88 Å². The largest absolute Gasteiger partial charge is 0.346 e. The van der Waals surface area contributed by atoms with Crippen LogP contribution in [0.15, 0.2) is 6.20 Å². The summed E-state index contributed by atoms with van der Waals surface area (Å²) in [5.74, 6) is -0.00857. The maximum atomic E-state index is 11.1. The molecule has 0 radical (unpaired) electrons. The summed E-state index contributed by atoms with van der Waals surface area (Å²) in [5, 5.41) is 4.15. The fraction of sp³-hybridized carbons (Fsp3) is 0.556. The summed E-state index contributed by atoms with van der Waals surface area (Å²) in [7, 11) is 0. The van der Waals surface area contributed by atoms with Crippen molar-refractivity contribution in [3.05, 3.63) is 16.1 Å². The third kappa shape index (κ3) is 3.06. The zero-order valence-corrected chi connectivity index (χ0v) is 10.6. The highest BCUT2D eigenvalue weighted by molar-refractivity contribution is 9.09. The number of amides is 1. The van der Waals surface area contributed by atoms with Gasteiger partial charge in [0, 0.05) is 11.1 Å². The number of aromatic nitrogens is 1. The zero-order valence-electron chi connectivity index (χ0n) is 8.21. The van der Waals surface area contributed by atoms with Crippen molar-refractivity contribution in [2.45, 2.75) is 26.3 Å². The van der Waals surface area contributed by atoms with Gasteiger partial charge in [-0.3, -0.25) is 4.79 Å². The molecule has 0 aliphatic heterocycles. The SMILES string of the molecule is CCc1cnc(C(C)NC(=O)CBr)s1. The average Bonchev–Trinajstić information content (AvgIpc) is 2.65. The van der Waals surface area contributed by atoms with E-state index in [0.717, 1.165) is 11.4 Å². The smallest absolute Gasteiger partial charge is 0.231 e. The summed E-state index contributed by atoms with van der Waals surface area (Å²) in [6, 6.07) is 0.00495. The second kappa shape index (κ2) is 5.46. The predicted molar refractivity (Wildman–Crippen MR) is 61.8 cm³/mol. The van der Waals surface area contributed by atoms with E-state index in [1.54, 1.807) is 11.3 Å². The lowest BCUT2D eigenvalue weighted by Crippen LogP contribution is -2.27. The van der Waals surface area contributed by atoms with Crippen LogP contribution in [0.25, 0.3) is 0 Å². The molecule has 0 bridgehead atoms. The molecule has 5 heteroatoms. The van der Waals surface area contributed by atoms with Gasteiger partial charge in [-0.15, -0.1) is 11.3 Å². The Labute approximate surface area is 96.1 Å². The lowest BCUT2D eigenvalue weighted by atomic mass is 10.3. The number of nitrogens with one attached hydrogen (secondary N) is 1. The van der Waals surface area contributed by atoms with Crippen molar-refractivity contribution in [3.8, 4) is 0 Å². The highest BCUT2D eigenvalue weighted by Gasteiger charge is 2.11. The number of nitrogens with zero attached hydrogens (tertiary/aromatic N) is 1.